The molecule has 0 spiro atoms. The normalized spacial score (nSPS) is 17.2. The van der Waals surface area contributed by atoms with Crippen molar-refractivity contribution in [1.29, 1.82) is 0 Å². The Balaban J connectivity index is 2.24. The third kappa shape index (κ3) is 2.66. The standard InChI is InChI=1S/C12H17N3OS/c1-9-8-10(12(13)14-16)2-3-11(9)15-4-6-17-7-5-15/h2-3,8,16H,4-7H2,1H3,(H2,13,14). The highest BCUT2D eigenvalue weighted by molar-refractivity contribution is 7.99. The van der Waals surface area contributed by atoms with Gasteiger partial charge in [-0.25, -0.2) is 0 Å². The lowest BCUT2D eigenvalue weighted by atomic mass is 10.1. The van der Waals surface area contributed by atoms with E-state index in [1.165, 1.54) is 22.8 Å². The Morgan fingerprint density at radius 2 is 2.12 bits per heavy atom. The predicted molar refractivity (Wildman–Crippen MR) is 73.2 cm³/mol. The SMILES string of the molecule is Cc1cc(/C(N)=N/O)ccc1N1CCSCC1. The van der Waals surface area contributed by atoms with Gasteiger partial charge < -0.3 is 15.8 Å². The first-order chi connectivity index (χ1) is 8.22. The molecule has 3 N–H and O–H groups in total. The van der Waals surface area contributed by atoms with Crippen LogP contribution in [0.1, 0.15) is 11.1 Å². The second-order valence-corrected chi connectivity index (χ2v) is 5.31. The molecule has 1 fully saturated rings. The summed E-state index contributed by atoms with van der Waals surface area (Å²) in [6, 6.07) is 5.92. The molecule has 2 rings (SSSR count). The highest BCUT2D eigenvalue weighted by Crippen LogP contribution is 2.24. The minimum Gasteiger partial charge on any atom is -0.409 e. The Kier molecular flexibility index (Phi) is 3.78. The van der Waals surface area contributed by atoms with Crippen LogP contribution in [0.3, 0.4) is 0 Å². The molecule has 1 aliphatic heterocycles. The highest BCUT2D eigenvalue weighted by atomic mass is 32.2. The van der Waals surface area contributed by atoms with Gasteiger partial charge in [0.1, 0.15) is 0 Å². The van der Waals surface area contributed by atoms with E-state index in [1.54, 1.807) is 0 Å². The van der Waals surface area contributed by atoms with Crippen molar-refractivity contribution in [3.05, 3.63) is 29.3 Å². The Morgan fingerprint density at radius 3 is 2.71 bits per heavy atom. The summed E-state index contributed by atoms with van der Waals surface area (Å²) in [4.78, 5) is 2.39. The second-order valence-electron chi connectivity index (χ2n) is 4.09. The maximum Gasteiger partial charge on any atom is 0.170 e. The zero-order valence-electron chi connectivity index (χ0n) is 9.89. The summed E-state index contributed by atoms with van der Waals surface area (Å²) < 4.78 is 0. The number of aryl methyl sites for hydroxylation is 1. The van der Waals surface area contributed by atoms with Crippen LogP contribution in [-0.4, -0.2) is 35.6 Å². The first kappa shape index (κ1) is 12.1. The fourth-order valence-electron chi connectivity index (χ4n) is 2.03. The highest BCUT2D eigenvalue weighted by Gasteiger charge is 2.13. The van der Waals surface area contributed by atoms with Crippen LogP contribution in [0, 0.1) is 6.92 Å². The van der Waals surface area contributed by atoms with E-state index >= 15 is 0 Å². The number of nitrogens with two attached hydrogens (primary N) is 1. The van der Waals surface area contributed by atoms with Gasteiger partial charge in [0.05, 0.1) is 0 Å². The van der Waals surface area contributed by atoms with Crippen molar-refractivity contribution >= 4 is 23.3 Å². The quantitative estimate of drug-likeness (QED) is 0.363. The molecule has 0 saturated carbocycles. The molecule has 1 saturated heterocycles. The molecule has 5 heteroatoms. The summed E-state index contributed by atoms with van der Waals surface area (Å²) >= 11 is 2.00. The maximum absolute atomic E-state index is 8.65. The van der Waals surface area contributed by atoms with Gasteiger partial charge in [-0.15, -0.1) is 0 Å². The zero-order valence-corrected chi connectivity index (χ0v) is 10.7. The summed E-state index contributed by atoms with van der Waals surface area (Å²) in [6.45, 7) is 4.24. The van der Waals surface area contributed by atoms with Crippen LogP contribution in [-0.2, 0) is 0 Å². The van der Waals surface area contributed by atoms with Gasteiger partial charge >= 0.3 is 0 Å². The van der Waals surface area contributed by atoms with Gasteiger partial charge in [-0.3, -0.25) is 0 Å². The van der Waals surface area contributed by atoms with Crippen LogP contribution < -0.4 is 10.6 Å². The first-order valence-electron chi connectivity index (χ1n) is 5.63. The summed E-state index contributed by atoms with van der Waals surface area (Å²) in [5.74, 6) is 2.52. The number of benzene rings is 1. The number of hydrogen-bond donors (Lipinski definition) is 2. The van der Waals surface area contributed by atoms with Crippen LogP contribution in [0.15, 0.2) is 23.4 Å². The van der Waals surface area contributed by atoms with Gasteiger partial charge in [-0.05, 0) is 30.7 Å². The average molecular weight is 251 g/mol. The third-order valence-corrected chi connectivity index (χ3v) is 3.89. The molecule has 0 bridgehead atoms. The zero-order chi connectivity index (χ0) is 12.3. The van der Waals surface area contributed by atoms with E-state index in [4.69, 9.17) is 10.9 Å². The van der Waals surface area contributed by atoms with Gasteiger partial charge in [-0.2, -0.15) is 11.8 Å². The predicted octanol–water partition coefficient (Wildman–Crippen LogP) is 1.64. The van der Waals surface area contributed by atoms with Crippen LogP contribution in [0.4, 0.5) is 5.69 Å². The number of thioether (sulfide) groups is 1. The molecule has 0 aromatic heterocycles. The lowest BCUT2D eigenvalue weighted by Crippen LogP contribution is -2.33. The van der Waals surface area contributed by atoms with Gasteiger partial charge in [0.15, 0.2) is 5.84 Å². The molecule has 1 aromatic carbocycles. The minimum atomic E-state index is 0.161. The molecule has 1 aromatic rings. The van der Waals surface area contributed by atoms with Crippen molar-refractivity contribution in [2.24, 2.45) is 10.9 Å². The van der Waals surface area contributed by atoms with E-state index in [1.807, 2.05) is 23.9 Å². The van der Waals surface area contributed by atoms with E-state index in [0.717, 1.165) is 18.7 Å². The third-order valence-electron chi connectivity index (χ3n) is 2.95. The van der Waals surface area contributed by atoms with E-state index in [9.17, 15) is 0 Å². The molecule has 1 aliphatic rings. The van der Waals surface area contributed by atoms with Crippen molar-refractivity contribution in [3.63, 3.8) is 0 Å². The molecule has 92 valence electrons. The van der Waals surface area contributed by atoms with Gasteiger partial charge in [0.2, 0.25) is 0 Å². The van der Waals surface area contributed by atoms with E-state index in [2.05, 4.69) is 23.0 Å². The monoisotopic (exact) mass is 251 g/mol. The number of nitrogens with zero attached hydrogens (tertiary/aromatic N) is 2. The minimum absolute atomic E-state index is 0.161. The van der Waals surface area contributed by atoms with Crippen molar-refractivity contribution in [1.82, 2.24) is 0 Å². The van der Waals surface area contributed by atoms with Crippen LogP contribution in [0.5, 0.6) is 0 Å². The topological polar surface area (TPSA) is 61.9 Å². The Labute approximate surface area is 105 Å². The number of hydrogen-bond acceptors (Lipinski definition) is 4. The fraction of sp³-hybridized carbons (Fsp3) is 0.417. The van der Waals surface area contributed by atoms with Crippen LogP contribution in [0.25, 0.3) is 0 Å². The second kappa shape index (κ2) is 5.31. The number of amidine groups is 1. The molecule has 0 aliphatic carbocycles. The lowest BCUT2D eigenvalue weighted by Gasteiger charge is -2.30. The number of anilines is 1. The van der Waals surface area contributed by atoms with Crippen LogP contribution in [0.2, 0.25) is 0 Å². The molecule has 4 nitrogen and oxygen atoms in total. The molecular formula is C12H17N3OS. The van der Waals surface area contributed by atoms with Crippen molar-refractivity contribution in [2.75, 3.05) is 29.5 Å². The first-order valence-corrected chi connectivity index (χ1v) is 6.79. The maximum atomic E-state index is 8.65. The molecule has 17 heavy (non-hydrogen) atoms. The van der Waals surface area contributed by atoms with Crippen molar-refractivity contribution in [2.45, 2.75) is 6.92 Å². The van der Waals surface area contributed by atoms with E-state index in [-0.39, 0.29) is 5.84 Å². The largest absolute Gasteiger partial charge is 0.409 e. The molecule has 0 radical (unpaired) electrons. The van der Waals surface area contributed by atoms with E-state index in [0.29, 0.717) is 0 Å². The Bertz CT molecular complexity index is 428. The summed E-state index contributed by atoms with van der Waals surface area (Å²) in [7, 11) is 0. The number of oxime groups is 1. The number of rotatable bonds is 2. The summed E-state index contributed by atoms with van der Waals surface area (Å²) in [5, 5.41) is 11.7. The molecular weight excluding hydrogens is 234 g/mol. The van der Waals surface area contributed by atoms with Crippen molar-refractivity contribution < 1.29 is 5.21 Å². The fourth-order valence-corrected chi connectivity index (χ4v) is 2.93. The molecule has 0 unspecified atom stereocenters. The van der Waals surface area contributed by atoms with Gasteiger partial charge in [0, 0.05) is 35.8 Å². The molecule has 0 amide bonds. The lowest BCUT2D eigenvalue weighted by molar-refractivity contribution is 0.318. The molecule has 1 heterocycles. The van der Waals surface area contributed by atoms with Gasteiger partial charge in [0.25, 0.3) is 0 Å². The average Bonchev–Trinajstić information content (AvgIpc) is 2.38. The summed E-state index contributed by atoms with van der Waals surface area (Å²) in [6.07, 6.45) is 0. The smallest absolute Gasteiger partial charge is 0.170 e. The Hall–Kier alpha value is -1.36. The van der Waals surface area contributed by atoms with Gasteiger partial charge in [-0.1, -0.05) is 5.16 Å². The Morgan fingerprint density at radius 1 is 1.41 bits per heavy atom. The van der Waals surface area contributed by atoms with Crippen molar-refractivity contribution in [3.8, 4) is 0 Å². The van der Waals surface area contributed by atoms with Crippen LogP contribution >= 0.6 is 11.8 Å². The molecule has 0 atom stereocenters. The van der Waals surface area contributed by atoms with E-state index < -0.39 is 0 Å². The summed E-state index contributed by atoms with van der Waals surface area (Å²) in [5.41, 5.74) is 8.76.